The zero-order valence-corrected chi connectivity index (χ0v) is 14.9. The maximum absolute atomic E-state index is 12.2. The van der Waals surface area contributed by atoms with E-state index in [1.54, 1.807) is 25.3 Å². The van der Waals surface area contributed by atoms with E-state index in [1.807, 2.05) is 43.3 Å². The lowest BCUT2D eigenvalue weighted by Crippen LogP contribution is -2.23. The van der Waals surface area contributed by atoms with Crippen LogP contribution in [0.3, 0.4) is 0 Å². The van der Waals surface area contributed by atoms with Crippen molar-refractivity contribution in [2.75, 3.05) is 39.8 Å². The number of carbonyl (C=O) groups excluding carboxylic acids is 1. The van der Waals surface area contributed by atoms with E-state index in [0.717, 1.165) is 11.3 Å². The van der Waals surface area contributed by atoms with Crippen molar-refractivity contribution in [1.29, 1.82) is 0 Å². The van der Waals surface area contributed by atoms with E-state index in [4.69, 9.17) is 9.47 Å². The van der Waals surface area contributed by atoms with Gasteiger partial charge in [0.25, 0.3) is 5.91 Å². The van der Waals surface area contributed by atoms with Crippen molar-refractivity contribution in [3.05, 3.63) is 53.6 Å². The van der Waals surface area contributed by atoms with E-state index in [1.165, 1.54) is 7.11 Å². The van der Waals surface area contributed by atoms with Crippen LogP contribution in [0.1, 0.15) is 15.9 Å². The van der Waals surface area contributed by atoms with Crippen LogP contribution in [0, 0.1) is 11.8 Å². The van der Waals surface area contributed by atoms with Crippen LogP contribution in [0.15, 0.2) is 42.5 Å². The second-order valence-corrected chi connectivity index (χ2v) is 5.50. The first-order chi connectivity index (χ1) is 12.0. The third-order valence-electron chi connectivity index (χ3n) is 3.60. The molecule has 1 amide bonds. The van der Waals surface area contributed by atoms with Gasteiger partial charge in [0.05, 0.1) is 20.8 Å². The Labute approximate surface area is 148 Å². The van der Waals surface area contributed by atoms with E-state index in [-0.39, 0.29) is 12.5 Å². The highest BCUT2D eigenvalue weighted by molar-refractivity contribution is 5.95. The lowest BCUT2D eigenvalue weighted by Gasteiger charge is -2.11. The van der Waals surface area contributed by atoms with Gasteiger partial charge in [-0.1, -0.05) is 11.8 Å². The second kappa shape index (κ2) is 8.65. The summed E-state index contributed by atoms with van der Waals surface area (Å²) >= 11 is 0. The van der Waals surface area contributed by atoms with E-state index >= 15 is 0 Å². The molecule has 0 spiro atoms. The average molecular weight is 338 g/mol. The quantitative estimate of drug-likeness (QED) is 0.852. The fourth-order valence-electron chi connectivity index (χ4n) is 2.19. The zero-order chi connectivity index (χ0) is 18.2. The Bertz CT molecular complexity index is 787. The molecule has 0 heterocycles. The van der Waals surface area contributed by atoms with Crippen molar-refractivity contribution in [1.82, 2.24) is 5.32 Å². The fraction of sp³-hybridized carbons (Fsp3) is 0.250. The van der Waals surface area contributed by atoms with Gasteiger partial charge in [-0.3, -0.25) is 4.79 Å². The van der Waals surface area contributed by atoms with Gasteiger partial charge in [0.15, 0.2) is 11.5 Å². The second-order valence-electron chi connectivity index (χ2n) is 5.50. The minimum absolute atomic E-state index is 0.210. The van der Waals surface area contributed by atoms with Crippen molar-refractivity contribution < 1.29 is 14.3 Å². The van der Waals surface area contributed by atoms with Gasteiger partial charge in [0.2, 0.25) is 0 Å². The van der Waals surface area contributed by atoms with E-state index < -0.39 is 0 Å². The Hall–Kier alpha value is -3.13. The summed E-state index contributed by atoms with van der Waals surface area (Å²) < 4.78 is 10.4. The molecule has 0 saturated heterocycles. The molecule has 2 aromatic carbocycles. The van der Waals surface area contributed by atoms with Gasteiger partial charge in [0, 0.05) is 30.9 Å². The number of carbonyl (C=O) groups is 1. The molecule has 0 fully saturated rings. The lowest BCUT2D eigenvalue weighted by molar-refractivity contribution is 0.0958. The molecule has 0 aliphatic heterocycles. The molecule has 0 unspecified atom stereocenters. The molecule has 25 heavy (non-hydrogen) atoms. The van der Waals surface area contributed by atoms with Crippen molar-refractivity contribution in [3.8, 4) is 23.3 Å². The van der Waals surface area contributed by atoms with Crippen LogP contribution < -0.4 is 19.7 Å². The van der Waals surface area contributed by atoms with Crippen LogP contribution in [-0.4, -0.2) is 40.8 Å². The Morgan fingerprint density at radius 2 is 1.72 bits per heavy atom. The van der Waals surface area contributed by atoms with Crippen LogP contribution in [0.4, 0.5) is 5.69 Å². The molecule has 0 atom stereocenters. The SMILES string of the molecule is COc1ccc(C(=O)NCC#Cc2ccc(N(C)C)cc2)cc1OC. The zero-order valence-electron chi connectivity index (χ0n) is 14.9. The summed E-state index contributed by atoms with van der Waals surface area (Å²) in [5.41, 5.74) is 2.52. The number of nitrogens with one attached hydrogen (secondary N) is 1. The summed E-state index contributed by atoms with van der Waals surface area (Å²) in [6.07, 6.45) is 0. The number of ether oxygens (including phenoxy) is 2. The van der Waals surface area contributed by atoms with Crippen molar-refractivity contribution >= 4 is 11.6 Å². The van der Waals surface area contributed by atoms with Crippen LogP contribution in [0.5, 0.6) is 11.5 Å². The number of hydrogen-bond donors (Lipinski definition) is 1. The molecule has 0 bridgehead atoms. The third kappa shape index (κ3) is 4.92. The number of amides is 1. The molecule has 5 heteroatoms. The van der Waals surface area contributed by atoms with Crippen molar-refractivity contribution in [3.63, 3.8) is 0 Å². The van der Waals surface area contributed by atoms with Gasteiger partial charge >= 0.3 is 0 Å². The third-order valence-corrected chi connectivity index (χ3v) is 3.60. The van der Waals surface area contributed by atoms with Gasteiger partial charge in [-0.2, -0.15) is 0 Å². The standard InChI is InChI=1S/C20H22N2O3/c1-22(2)17-10-7-15(8-11-17)6-5-13-21-20(23)16-9-12-18(24-3)19(14-16)25-4/h7-12,14H,13H2,1-4H3,(H,21,23). The van der Waals surface area contributed by atoms with Crippen LogP contribution in [0.25, 0.3) is 0 Å². The Morgan fingerprint density at radius 3 is 2.32 bits per heavy atom. The minimum Gasteiger partial charge on any atom is -0.493 e. The molecule has 0 radical (unpaired) electrons. The van der Waals surface area contributed by atoms with Crippen molar-refractivity contribution in [2.24, 2.45) is 0 Å². The van der Waals surface area contributed by atoms with Crippen LogP contribution in [-0.2, 0) is 0 Å². The normalized spacial score (nSPS) is 9.60. The first-order valence-electron chi connectivity index (χ1n) is 7.81. The minimum atomic E-state index is -0.210. The maximum atomic E-state index is 12.2. The van der Waals surface area contributed by atoms with Crippen LogP contribution >= 0.6 is 0 Å². The lowest BCUT2D eigenvalue weighted by atomic mass is 10.2. The topological polar surface area (TPSA) is 50.8 Å². The van der Waals surface area contributed by atoms with Gasteiger partial charge in [-0.05, 0) is 42.5 Å². The summed E-state index contributed by atoms with van der Waals surface area (Å²) in [6, 6.07) is 13.0. The van der Waals surface area contributed by atoms with E-state index in [2.05, 4.69) is 17.2 Å². The number of nitrogens with zero attached hydrogens (tertiary/aromatic N) is 1. The maximum Gasteiger partial charge on any atom is 0.252 e. The molecule has 0 aliphatic carbocycles. The van der Waals surface area contributed by atoms with E-state index in [9.17, 15) is 4.79 Å². The number of benzene rings is 2. The number of hydrogen-bond acceptors (Lipinski definition) is 4. The van der Waals surface area contributed by atoms with Crippen molar-refractivity contribution in [2.45, 2.75) is 0 Å². The molecule has 2 rings (SSSR count). The summed E-state index contributed by atoms with van der Waals surface area (Å²) in [5, 5.41) is 2.77. The predicted octanol–water partition coefficient (Wildman–Crippen LogP) is 2.55. The number of rotatable bonds is 5. The number of methoxy groups -OCH3 is 2. The first-order valence-corrected chi connectivity index (χ1v) is 7.81. The molecule has 2 aromatic rings. The molecule has 0 aliphatic rings. The first kappa shape index (κ1) is 18.2. The van der Waals surface area contributed by atoms with Gasteiger partial charge in [-0.15, -0.1) is 0 Å². The summed E-state index contributed by atoms with van der Waals surface area (Å²) in [4.78, 5) is 14.2. The molecule has 1 N–H and O–H groups in total. The molecule has 5 nitrogen and oxygen atoms in total. The molecular formula is C20H22N2O3. The van der Waals surface area contributed by atoms with Gasteiger partial charge in [-0.25, -0.2) is 0 Å². The highest BCUT2D eigenvalue weighted by atomic mass is 16.5. The van der Waals surface area contributed by atoms with Gasteiger partial charge in [0.1, 0.15) is 0 Å². The van der Waals surface area contributed by atoms with Crippen LogP contribution in [0.2, 0.25) is 0 Å². The average Bonchev–Trinajstić information content (AvgIpc) is 2.64. The van der Waals surface area contributed by atoms with Gasteiger partial charge < -0.3 is 19.7 Å². The smallest absolute Gasteiger partial charge is 0.252 e. The molecular weight excluding hydrogens is 316 g/mol. The molecule has 0 aromatic heterocycles. The fourth-order valence-corrected chi connectivity index (χ4v) is 2.19. The Kier molecular flexibility index (Phi) is 6.30. The highest BCUT2D eigenvalue weighted by Crippen LogP contribution is 2.27. The summed E-state index contributed by atoms with van der Waals surface area (Å²) in [6.45, 7) is 0.266. The summed E-state index contributed by atoms with van der Waals surface area (Å²) in [5.74, 6) is 6.87. The highest BCUT2D eigenvalue weighted by Gasteiger charge is 2.09. The van der Waals surface area contributed by atoms with E-state index in [0.29, 0.717) is 17.1 Å². The molecule has 130 valence electrons. The Balaban J connectivity index is 1.95. The molecule has 0 saturated carbocycles. The Morgan fingerprint density at radius 1 is 1.04 bits per heavy atom. The summed E-state index contributed by atoms with van der Waals surface area (Å²) in [7, 11) is 7.07. The monoisotopic (exact) mass is 338 g/mol. The largest absolute Gasteiger partial charge is 0.493 e. The number of anilines is 1. The predicted molar refractivity (Wildman–Crippen MR) is 99.5 cm³/mol.